The summed E-state index contributed by atoms with van der Waals surface area (Å²) in [5.41, 5.74) is 3.24. The second-order valence-electron chi connectivity index (χ2n) is 10.7. The molecule has 0 radical (unpaired) electrons. The van der Waals surface area contributed by atoms with E-state index in [4.69, 9.17) is 9.72 Å². The van der Waals surface area contributed by atoms with Gasteiger partial charge in [-0.05, 0) is 43.4 Å². The average Bonchev–Trinajstić information content (AvgIpc) is 3.47. The molecule has 1 amide bonds. The summed E-state index contributed by atoms with van der Waals surface area (Å²) in [6, 6.07) is 9.83. The fraction of sp³-hybridized carbons (Fsp3) is 0.536. The highest BCUT2D eigenvalue weighted by Gasteiger charge is 2.41. The highest BCUT2D eigenvalue weighted by atomic mass is 16.5. The van der Waals surface area contributed by atoms with Gasteiger partial charge >= 0.3 is 0 Å². The molecule has 0 aliphatic carbocycles. The van der Waals surface area contributed by atoms with Crippen molar-refractivity contribution in [2.75, 3.05) is 42.6 Å². The molecule has 1 aromatic carbocycles. The molecule has 3 saturated heterocycles. The molecule has 3 aliphatic rings. The van der Waals surface area contributed by atoms with E-state index < -0.39 is 0 Å². The number of anilines is 2. The van der Waals surface area contributed by atoms with Gasteiger partial charge in [-0.3, -0.25) is 14.0 Å². The maximum Gasteiger partial charge on any atom is 0.261 e. The molecule has 0 bridgehead atoms. The Labute approximate surface area is 211 Å². The van der Waals surface area contributed by atoms with Crippen LogP contribution in [0.5, 0.6) is 0 Å². The summed E-state index contributed by atoms with van der Waals surface area (Å²) in [6.45, 7) is 7.33. The third-order valence-corrected chi connectivity index (χ3v) is 8.20. The summed E-state index contributed by atoms with van der Waals surface area (Å²) in [4.78, 5) is 34.6. The number of aromatic nitrogens is 3. The van der Waals surface area contributed by atoms with Crippen LogP contribution < -0.4 is 15.4 Å². The molecule has 1 spiro atoms. The largest absolute Gasteiger partial charge is 0.380 e. The summed E-state index contributed by atoms with van der Waals surface area (Å²) >= 11 is 0. The van der Waals surface area contributed by atoms with E-state index in [-0.39, 0.29) is 11.5 Å². The summed E-state index contributed by atoms with van der Waals surface area (Å²) < 4.78 is 9.36. The maximum absolute atomic E-state index is 13.2. The lowest BCUT2D eigenvalue weighted by Crippen LogP contribution is -2.51. The number of carbonyl (C=O) groups is 1. The summed E-state index contributed by atoms with van der Waals surface area (Å²) in [5.74, 6) is 1.67. The predicted molar refractivity (Wildman–Crippen MR) is 141 cm³/mol. The first-order valence-electron chi connectivity index (χ1n) is 13.4. The molecule has 5 heterocycles. The van der Waals surface area contributed by atoms with Crippen LogP contribution in [0.15, 0.2) is 41.3 Å². The first-order chi connectivity index (χ1) is 17.6. The van der Waals surface area contributed by atoms with Crippen LogP contribution in [-0.2, 0) is 16.1 Å². The van der Waals surface area contributed by atoms with Gasteiger partial charge in [0.15, 0.2) is 0 Å². The monoisotopic (exact) mass is 489 g/mol. The smallest absolute Gasteiger partial charge is 0.261 e. The third-order valence-electron chi connectivity index (χ3n) is 8.20. The van der Waals surface area contributed by atoms with Gasteiger partial charge in [0.25, 0.3) is 5.56 Å². The summed E-state index contributed by atoms with van der Waals surface area (Å²) in [6.07, 6.45) is 8.91. The zero-order valence-electron chi connectivity index (χ0n) is 21.1. The standard InChI is InChI=1S/C28H35N5O3/c1-2-3-4-13-32-23(21-7-9-22(10-8-21)31-14-5-6-25(31)34)18-33-26(35)17-24(29-27(32)33)30-15-11-28(12-16-30)19-36-20-28/h7-10,17-18H,2-6,11-16,19-20H2,1H3. The van der Waals surface area contributed by atoms with Crippen LogP contribution in [0.4, 0.5) is 11.5 Å². The second-order valence-corrected chi connectivity index (χ2v) is 10.7. The zero-order chi connectivity index (χ0) is 24.7. The number of benzene rings is 1. The Morgan fingerprint density at radius 1 is 1.03 bits per heavy atom. The first-order valence-corrected chi connectivity index (χ1v) is 13.4. The summed E-state index contributed by atoms with van der Waals surface area (Å²) in [7, 11) is 0. The number of rotatable bonds is 7. The number of hydrogen-bond acceptors (Lipinski definition) is 5. The fourth-order valence-corrected chi connectivity index (χ4v) is 5.83. The van der Waals surface area contributed by atoms with Crippen molar-refractivity contribution in [3.8, 4) is 11.3 Å². The lowest BCUT2D eigenvalue weighted by molar-refractivity contribution is -0.124. The van der Waals surface area contributed by atoms with Crippen molar-refractivity contribution in [2.45, 2.75) is 58.4 Å². The normalized spacial score (nSPS) is 19.4. The quantitative estimate of drug-likeness (QED) is 0.468. The van der Waals surface area contributed by atoms with Gasteiger partial charge in [0.1, 0.15) is 5.82 Å². The number of fused-ring (bicyclic) bond motifs is 1. The highest BCUT2D eigenvalue weighted by molar-refractivity contribution is 5.95. The Bertz CT molecular complexity index is 1310. The van der Waals surface area contributed by atoms with Crippen LogP contribution in [-0.4, -0.2) is 52.7 Å². The number of amides is 1. The molecule has 8 heteroatoms. The zero-order valence-corrected chi connectivity index (χ0v) is 21.1. The molecule has 0 N–H and O–H groups in total. The highest BCUT2D eigenvalue weighted by Crippen LogP contribution is 2.39. The molecular weight excluding hydrogens is 454 g/mol. The molecule has 3 fully saturated rings. The molecular formula is C28H35N5O3. The molecule has 0 saturated carbocycles. The molecule has 8 nitrogen and oxygen atoms in total. The number of carbonyl (C=O) groups excluding carboxylic acids is 1. The predicted octanol–water partition coefficient (Wildman–Crippen LogP) is 4.10. The van der Waals surface area contributed by atoms with Crippen LogP contribution in [0.1, 0.15) is 51.9 Å². The summed E-state index contributed by atoms with van der Waals surface area (Å²) in [5, 5.41) is 0. The molecule has 190 valence electrons. The van der Waals surface area contributed by atoms with Crippen LogP contribution in [0.25, 0.3) is 17.0 Å². The van der Waals surface area contributed by atoms with E-state index in [1.807, 2.05) is 23.2 Å². The number of piperidine rings is 1. The van der Waals surface area contributed by atoms with E-state index in [1.54, 1.807) is 10.5 Å². The Balaban J connectivity index is 1.35. The second kappa shape index (κ2) is 9.39. The van der Waals surface area contributed by atoms with Crippen molar-refractivity contribution in [1.82, 2.24) is 14.0 Å². The van der Waals surface area contributed by atoms with Crippen LogP contribution in [0.2, 0.25) is 0 Å². The van der Waals surface area contributed by atoms with Gasteiger partial charge < -0.3 is 19.1 Å². The van der Waals surface area contributed by atoms with Crippen molar-refractivity contribution in [3.63, 3.8) is 0 Å². The van der Waals surface area contributed by atoms with Crippen LogP contribution in [0.3, 0.4) is 0 Å². The van der Waals surface area contributed by atoms with Crippen molar-refractivity contribution in [2.24, 2.45) is 5.41 Å². The van der Waals surface area contributed by atoms with Gasteiger partial charge in [0.2, 0.25) is 11.7 Å². The Kier molecular flexibility index (Phi) is 6.07. The number of nitrogens with zero attached hydrogens (tertiary/aromatic N) is 5. The third kappa shape index (κ3) is 4.11. The van der Waals surface area contributed by atoms with Gasteiger partial charge in [0, 0.05) is 56.0 Å². The molecule has 6 rings (SSSR count). The minimum atomic E-state index is -0.0444. The lowest BCUT2D eigenvalue weighted by atomic mass is 9.77. The van der Waals surface area contributed by atoms with E-state index in [1.165, 1.54) is 0 Å². The van der Waals surface area contributed by atoms with Crippen LogP contribution >= 0.6 is 0 Å². The number of hydrogen-bond donors (Lipinski definition) is 0. The molecule has 36 heavy (non-hydrogen) atoms. The molecule has 3 aliphatic heterocycles. The first kappa shape index (κ1) is 23.3. The van der Waals surface area contributed by atoms with E-state index in [0.717, 1.165) is 101 Å². The SMILES string of the molecule is CCCCCn1c(-c2ccc(N3CCCC3=O)cc2)cn2c(=O)cc(N3CCC4(CC3)COC4)nc12. The van der Waals surface area contributed by atoms with Crippen molar-refractivity contribution < 1.29 is 9.53 Å². The van der Waals surface area contributed by atoms with Crippen LogP contribution in [0, 0.1) is 5.41 Å². The molecule has 0 unspecified atom stereocenters. The van der Waals surface area contributed by atoms with Gasteiger partial charge in [-0.1, -0.05) is 31.9 Å². The number of ether oxygens (including phenoxy) is 1. The van der Waals surface area contributed by atoms with E-state index in [0.29, 0.717) is 17.6 Å². The van der Waals surface area contributed by atoms with E-state index in [2.05, 4.69) is 28.5 Å². The maximum atomic E-state index is 13.2. The van der Waals surface area contributed by atoms with Gasteiger partial charge in [0.05, 0.1) is 18.9 Å². The number of aryl methyl sites for hydroxylation is 1. The Morgan fingerprint density at radius 3 is 2.44 bits per heavy atom. The van der Waals surface area contributed by atoms with Crippen molar-refractivity contribution in [1.29, 1.82) is 0 Å². The van der Waals surface area contributed by atoms with Gasteiger partial charge in [-0.2, -0.15) is 4.98 Å². The van der Waals surface area contributed by atoms with Crippen molar-refractivity contribution in [3.05, 3.63) is 46.9 Å². The van der Waals surface area contributed by atoms with Crippen molar-refractivity contribution >= 4 is 23.2 Å². The average molecular weight is 490 g/mol. The fourth-order valence-electron chi connectivity index (χ4n) is 5.83. The topological polar surface area (TPSA) is 72.1 Å². The number of imidazole rings is 1. The lowest BCUT2D eigenvalue weighted by Gasteiger charge is -2.47. The Hall–Kier alpha value is -3.13. The van der Waals surface area contributed by atoms with E-state index >= 15 is 0 Å². The number of unbranched alkanes of at least 4 members (excludes halogenated alkanes) is 2. The molecule has 2 aromatic heterocycles. The van der Waals surface area contributed by atoms with Gasteiger partial charge in [-0.25, -0.2) is 0 Å². The Morgan fingerprint density at radius 2 is 1.81 bits per heavy atom. The van der Waals surface area contributed by atoms with Gasteiger partial charge in [-0.15, -0.1) is 0 Å². The minimum Gasteiger partial charge on any atom is -0.380 e. The molecule has 3 aromatic rings. The molecule has 0 atom stereocenters. The van der Waals surface area contributed by atoms with E-state index in [9.17, 15) is 9.59 Å². The minimum absolute atomic E-state index is 0.0444.